The summed E-state index contributed by atoms with van der Waals surface area (Å²) in [6, 6.07) is 9.01. The highest BCUT2D eigenvalue weighted by atomic mass is 19.4. The van der Waals surface area contributed by atoms with Gasteiger partial charge in [0.15, 0.2) is 6.10 Å². The molecule has 0 unspecified atom stereocenters. The lowest BCUT2D eigenvalue weighted by molar-refractivity contribution is -0.137. The zero-order chi connectivity index (χ0) is 18.6. The van der Waals surface area contributed by atoms with Crippen LogP contribution in [-0.4, -0.2) is 18.0 Å². The van der Waals surface area contributed by atoms with Crippen LogP contribution in [0.15, 0.2) is 48.5 Å². The zero-order valence-electron chi connectivity index (χ0n) is 12.9. The first-order valence-electron chi connectivity index (χ1n) is 7.12. The van der Waals surface area contributed by atoms with Gasteiger partial charge in [-0.05, 0) is 37.3 Å². The minimum atomic E-state index is -4.61. The predicted octanol–water partition coefficient (Wildman–Crippen LogP) is 4.03. The van der Waals surface area contributed by atoms with Gasteiger partial charge in [-0.15, -0.1) is 0 Å². The molecule has 0 aliphatic heterocycles. The maximum Gasteiger partial charge on any atom is 0.416 e. The van der Waals surface area contributed by atoms with Crippen LogP contribution in [0.2, 0.25) is 0 Å². The molecule has 8 heteroatoms. The second-order valence-electron chi connectivity index (χ2n) is 5.10. The molecule has 0 saturated carbocycles. The van der Waals surface area contributed by atoms with Gasteiger partial charge in [0.25, 0.3) is 5.91 Å². The summed E-state index contributed by atoms with van der Waals surface area (Å²) in [5.41, 5.74) is -1.46. The van der Waals surface area contributed by atoms with E-state index in [1.807, 2.05) is 0 Å². The smallest absolute Gasteiger partial charge is 0.416 e. The van der Waals surface area contributed by atoms with Crippen LogP contribution in [0.5, 0.6) is 0 Å². The van der Waals surface area contributed by atoms with Crippen molar-refractivity contribution in [3.8, 4) is 0 Å². The highest BCUT2D eigenvalue weighted by molar-refractivity contribution is 5.97. The van der Waals surface area contributed by atoms with Crippen molar-refractivity contribution in [3.05, 3.63) is 65.5 Å². The van der Waals surface area contributed by atoms with Gasteiger partial charge in [0.1, 0.15) is 5.82 Å². The third kappa shape index (κ3) is 4.79. The normalized spacial score (nSPS) is 12.4. The Morgan fingerprint density at radius 2 is 1.76 bits per heavy atom. The van der Waals surface area contributed by atoms with Crippen molar-refractivity contribution in [3.63, 3.8) is 0 Å². The molecule has 0 aliphatic rings. The van der Waals surface area contributed by atoms with Crippen molar-refractivity contribution in [1.82, 2.24) is 0 Å². The number of carbonyl (C=O) groups excluding carboxylic acids is 2. The molecule has 0 aliphatic carbocycles. The first-order valence-corrected chi connectivity index (χ1v) is 7.12. The maximum absolute atomic E-state index is 13.5. The summed E-state index contributed by atoms with van der Waals surface area (Å²) in [6.45, 7) is 1.22. The van der Waals surface area contributed by atoms with Crippen molar-refractivity contribution >= 4 is 17.6 Å². The first-order chi connectivity index (χ1) is 11.7. The molecule has 2 rings (SSSR count). The lowest BCUT2D eigenvalue weighted by atomic mass is 10.1. The molecular weight excluding hydrogens is 342 g/mol. The monoisotopic (exact) mass is 355 g/mol. The number of hydrogen-bond donors (Lipinski definition) is 1. The Bertz CT molecular complexity index is 789. The quantitative estimate of drug-likeness (QED) is 0.666. The van der Waals surface area contributed by atoms with Gasteiger partial charge in [0, 0.05) is 0 Å². The molecule has 0 saturated heterocycles. The lowest BCUT2D eigenvalue weighted by Crippen LogP contribution is -2.30. The molecule has 0 heterocycles. The topological polar surface area (TPSA) is 55.4 Å². The number of alkyl halides is 3. The third-order valence-electron chi connectivity index (χ3n) is 3.21. The van der Waals surface area contributed by atoms with Crippen molar-refractivity contribution < 1.29 is 31.9 Å². The molecule has 0 aromatic heterocycles. The summed E-state index contributed by atoms with van der Waals surface area (Å²) in [5, 5.41) is 2.23. The van der Waals surface area contributed by atoms with Gasteiger partial charge in [0.05, 0.1) is 16.8 Å². The van der Waals surface area contributed by atoms with Gasteiger partial charge >= 0.3 is 12.1 Å². The fourth-order valence-electron chi connectivity index (χ4n) is 1.90. The minimum absolute atomic E-state index is 0.102. The number of para-hydroxylation sites is 1. The summed E-state index contributed by atoms with van der Waals surface area (Å²) in [4.78, 5) is 23.8. The van der Waals surface area contributed by atoms with Gasteiger partial charge < -0.3 is 10.1 Å². The van der Waals surface area contributed by atoms with Crippen LogP contribution in [0.25, 0.3) is 0 Å². The lowest BCUT2D eigenvalue weighted by Gasteiger charge is -2.14. The number of carbonyl (C=O) groups is 2. The van der Waals surface area contributed by atoms with E-state index in [9.17, 15) is 27.2 Å². The van der Waals surface area contributed by atoms with E-state index in [2.05, 4.69) is 5.32 Å². The van der Waals surface area contributed by atoms with E-state index in [1.54, 1.807) is 0 Å². The van der Waals surface area contributed by atoms with Crippen LogP contribution in [-0.2, 0) is 15.7 Å². The van der Waals surface area contributed by atoms with Crippen LogP contribution in [0.3, 0.4) is 0 Å². The average molecular weight is 355 g/mol. The van der Waals surface area contributed by atoms with Crippen LogP contribution in [0.1, 0.15) is 22.8 Å². The van der Waals surface area contributed by atoms with E-state index in [-0.39, 0.29) is 11.3 Å². The molecule has 0 radical (unpaired) electrons. The van der Waals surface area contributed by atoms with E-state index in [1.165, 1.54) is 25.1 Å². The molecule has 2 aromatic rings. The van der Waals surface area contributed by atoms with Gasteiger partial charge in [-0.3, -0.25) is 4.79 Å². The molecule has 4 nitrogen and oxygen atoms in total. The molecule has 132 valence electrons. The molecular formula is C17H13F4NO3. The number of amides is 1. The molecule has 0 bridgehead atoms. The standard InChI is InChI=1S/C17H13F4NO3/c1-10(15(23)22-14-8-3-2-7-13(14)18)25-16(24)11-5-4-6-12(9-11)17(19,20)21/h2-10H,1H3,(H,22,23)/t10-/m0/s1. The third-order valence-corrected chi connectivity index (χ3v) is 3.21. The summed E-state index contributed by atoms with van der Waals surface area (Å²) < 4.78 is 56.3. The van der Waals surface area contributed by atoms with Crippen LogP contribution in [0.4, 0.5) is 23.2 Å². The minimum Gasteiger partial charge on any atom is -0.449 e. The van der Waals surface area contributed by atoms with Crippen LogP contribution >= 0.6 is 0 Å². The highest BCUT2D eigenvalue weighted by Gasteiger charge is 2.31. The molecule has 0 spiro atoms. The number of nitrogens with one attached hydrogen (secondary N) is 1. The number of hydrogen-bond acceptors (Lipinski definition) is 3. The van der Waals surface area contributed by atoms with E-state index in [0.717, 1.165) is 24.3 Å². The molecule has 1 amide bonds. The molecule has 1 N–H and O–H groups in total. The molecule has 0 fully saturated rings. The number of benzene rings is 2. The zero-order valence-corrected chi connectivity index (χ0v) is 12.9. The molecule has 25 heavy (non-hydrogen) atoms. The summed E-state index contributed by atoms with van der Waals surface area (Å²) in [7, 11) is 0. The Morgan fingerprint density at radius 3 is 2.40 bits per heavy atom. The van der Waals surface area contributed by atoms with Crippen molar-refractivity contribution in [2.75, 3.05) is 5.32 Å². The number of ether oxygens (including phenoxy) is 1. The number of halogens is 4. The number of rotatable bonds is 4. The van der Waals surface area contributed by atoms with E-state index in [0.29, 0.717) is 6.07 Å². The molecule has 2 aromatic carbocycles. The summed E-state index contributed by atoms with van der Waals surface area (Å²) in [6.07, 6.45) is -5.94. The van der Waals surface area contributed by atoms with Crippen molar-refractivity contribution in [2.45, 2.75) is 19.2 Å². The Hall–Kier alpha value is -2.90. The Balaban J connectivity index is 2.05. The van der Waals surface area contributed by atoms with E-state index >= 15 is 0 Å². The maximum atomic E-state index is 13.5. The molecule has 1 atom stereocenters. The largest absolute Gasteiger partial charge is 0.449 e. The van der Waals surface area contributed by atoms with Crippen molar-refractivity contribution in [1.29, 1.82) is 0 Å². The number of anilines is 1. The SMILES string of the molecule is C[C@H](OC(=O)c1cccc(C(F)(F)F)c1)C(=O)Nc1ccccc1F. The van der Waals surface area contributed by atoms with E-state index in [4.69, 9.17) is 4.74 Å². The Kier molecular flexibility index (Phi) is 5.41. The summed E-state index contributed by atoms with van der Waals surface area (Å²) in [5.74, 6) is -2.58. The Labute approximate surface area is 140 Å². The van der Waals surface area contributed by atoms with E-state index < -0.39 is 35.5 Å². The second kappa shape index (κ2) is 7.33. The fraction of sp³-hybridized carbons (Fsp3) is 0.176. The summed E-state index contributed by atoms with van der Waals surface area (Å²) >= 11 is 0. The van der Waals surface area contributed by atoms with Crippen molar-refractivity contribution in [2.24, 2.45) is 0 Å². The van der Waals surface area contributed by atoms with Crippen LogP contribution < -0.4 is 5.32 Å². The van der Waals surface area contributed by atoms with Gasteiger partial charge in [0.2, 0.25) is 0 Å². The first kappa shape index (κ1) is 18.4. The predicted molar refractivity (Wildman–Crippen MR) is 81.4 cm³/mol. The number of esters is 1. The van der Waals surface area contributed by atoms with Gasteiger partial charge in [-0.2, -0.15) is 13.2 Å². The average Bonchev–Trinajstić information content (AvgIpc) is 2.56. The fourth-order valence-corrected chi connectivity index (χ4v) is 1.90. The Morgan fingerprint density at radius 1 is 1.08 bits per heavy atom. The highest BCUT2D eigenvalue weighted by Crippen LogP contribution is 2.29. The van der Waals surface area contributed by atoms with Gasteiger partial charge in [-0.1, -0.05) is 18.2 Å². The van der Waals surface area contributed by atoms with Crippen LogP contribution in [0, 0.1) is 5.82 Å². The second-order valence-corrected chi connectivity index (χ2v) is 5.10. The van der Waals surface area contributed by atoms with Gasteiger partial charge in [-0.25, -0.2) is 9.18 Å².